The minimum atomic E-state index is -1.99. The number of nitrogens with zero attached hydrogens (tertiary/aromatic N) is 2. The van der Waals surface area contributed by atoms with E-state index in [4.69, 9.17) is 10.5 Å². The lowest BCUT2D eigenvalue weighted by atomic mass is 9.79. The van der Waals surface area contributed by atoms with Crippen LogP contribution in [0, 0.1) is 17.5 Å². The summed E-state index contributed by atoms with van der Waals surface area (Å²) in [5.41, 5.74) is 1.33. The van der Waals surface area contributed by atoms with Crippen molar-refractivity contribution in [1.82, 2.24) is 4.98 Å². The largest absolute Gasteiger partial charge is 0.379 e. The van der Waals surface area contributed by atoms with Crippen LogP contribution in [-0.2, 0) is 10.3 Å². The Bertz CT molecular complexity index is 1040. The number of alkyl halides is 1. The summed E-state index contributed by atoms with van der Waals surface area (Å²) in [5, 5.41) is 2.44. The minimum absolute atomic E-state index is 0.0487. The van der Waals surface area contributed by atoms with E-state index in [9.17, 15) is 18.0 Å². The average molecular weight is 426 g/mol. The minimum Gasteiger partial charge on any atom is -0.379 e. The van der Waals surface area contributed by atoms with Crippen LogP contribution < -0.4 is 11.1 Å². The second kappa shape index (κ2) is 6.99. The highest BCUT2D eigenvalue weighted by atomic mass is 32.2. The van der Waals surface area contributed by atoms with Crippen molar-refractivity contribution >= 4 is 28.5 Å². The first-order valence-electron chi connectivity index (χ1n) is 8.41. The maximum atomic E-state index is 15.5. The van der Waals surface area contributed by atoms with Crippen LogP contribution >= 0.6 is 11.8 Å². The second-order valence-electron chi connectivity index (χ2n) is 6.69. The number of nitrogens with one attached hydrogen (secondary N) is 1. The first-order valence-corrected chi connectivity index (χ1v) is 9.40. The number of thioether (sulfide) groups is 1. The lowest BCUT2D eigenvalue weighted by Crippen LogP contribution is -2.52. The molecule has 1 aromatic carbocycles. The van der Waals surface area contributed by atoms with E-state index in [1.807, 2.05) is 0 Å². The number of anilines is 1. The molecular weight excluding hydrogens is 412 g/mol. The number of aliphatic imine (C=N–C) groups is 1. The first kappa shape index (κ1) is 19.6. The number of hydrogen-bond acceptors (Lipinski definition) is 6. The van der Waals surface area contributed by atoms with Gasteiger partial charge in [-0.3, -0.25) is 4.79 Å². The molecule has 1 fully saturated rings. The predicted octanol–water partition coefficient (Wildman–Crippen LogP) is 2.75. The Morgan fingerprint density at radius 3 is 2.76 bits per heavy atom. The number of fused-ring (bicyclic) bond motifs is 1. The van der Waals surface area contributed by atoms with Crippen molar-refractivity contribution in [2.75, 3.05) is 24.3 Å². The van der Waals surface area contributed by atoms with Gasteiger partial charge in [-0.25, -0.2) is 27.5 Å². The summed E-state index contributed by atoms with van der Waals surface area (Å²) in [4.78, 5) is 19.9. The second-order valence-corrected chi connectivity index (χ2v) is 7.69. The number of carbonyl (C=O) groups is 1. The Labute approximate surface area is 166 Å². The molecule has 0 radical (unpaired) electrons. The molecule has 1 amide bonds. The van der Waals surface area contributed by atoms with Gasteiger partial charge in [0, 0.05) is 23.1 Å². The molecular formula is C18H14F4N4O2S. The molecule has 3 heterocycles. The molecule has 0 spiro atoms. The number of amides is 1. The third-order valence-corrected chi connectivity index (χ3v) is 5.81. The fourth-order valence-electron chi connectivity index (χ4n) is 3.38. The third-order valence-electron chi connectivity index (χ3n) is 4.83. The van der Waals surface area contributed by atoms with E-state index in [-0.39, 0.29) is 35.4 Å². The fourth-order valence-corrected chi connectivity index (χ4v) is 4.30. The zero-order valence-corrected chi connectivity index (χ0v) is 15.5. The molecule has 6 nitrogen and oxygen atoms in total. The Morgan fingerprint density at radius 1 is 1.21 bits per heavy atom. The maximum absolute atomic E-state index is 15.5. The Kier molecular flexibility index (Phi) is 4.74. The summed E-state index contributed by atoms with van der Waals surface area (Å²) >= 11 is 1.01. The molecule has 2 atom stereocenters. The normalized spacial score (nSPS) is 26.0. The molecule has 1 aromatic heterocycles. The van der Waals surface area contributed by atoms with Crippen molar-refractivity contribution in [2.45, 2.75) is 11.2 Å². The van der Waals surface area contributed by atoms with E-state index in [0.717, 1.165) is 17.8 Å². The molecule has 3 N–H and O–H groups in total. The summed E-state index contributed by atoms with van der Waals surface area (Å²) < 4.78 is 62.3. The van der Waals surface area contributed by atoms with Crippen molar-refractivity contribution in [3.63, 3.8) is 0 Å². The molecule has 152 valence electrons. The predicted molar refractivity (Wildman–Crippen MR) is 98.9 cm³/mol. The number of ether oxygens (including phenoxy) is 1. The topological polar surface area (TPSA) is 89.6 Å². The van der Waals surface area contributed by atoms with E-state index < -0.39 is 40.3 Å². The summed E-state index contributed by atoms with van der Waals surface area (Å²) in [6, 6.07) is 3.96. The van der Waals surface area contributed by atoms with Gasteiger partial charge in [0.05, 0.1) is 19.4 Å². The quantitative estimate of drug-likeness (QED) is 0.737. The summed E-state index contributed by atoms with van der Waals surface area (Å²) in [6.07, 6.45) is 0.692. The lowest BCUT2D eigenvalue weighted by molar-refractivity contribution is 0.101. The van der Waals surface area contributed by atoms with E-state index in [2.05, 4.69) is 15.3 Å². The van der Waals surface area contributed by atoms with Crippen LogP contribution in [0.25, 0.3) is 0 Å². The molecule has 11 heteroatoms. The van der Waals surface area contributed by atoms with Gasteiger partial charge in [-0.1, -0.05) is 11.8 Å². The van der Waals surface area contributed by atoms with Gasteiger partial charge < -0.3 is 15.8 Å². The van der Waals surface area contributed by atoms with Crippen molar-refractivity contribution in [3.05, 3.63) is 59.2 Å². The number of benzene rings is 1. The highest BCUT2D eigenvalue weighted by molar-refractivity contribution is 8.13. The summed E-state index contributed by atoms with van der Waals surface area (Å²) in [6.45, 7) is -0.509. The number of pyridine rings is 1. The van der Waals surface area contributed by atoms with Crippen LogP contribution in [0.2, 0.25) is 0 Å². The van der Waals surface area contributed by atoms with Crippen molar-refractivity contribution in [1.29, 1.82) is 0 Å². The number of halogens is 4. The highest BCUT2D eigenvalue weighted by Crippen LogP contribution is 2.50. The van der Waals surface area contributed by atoms with E-state index in [1.165, 1.54) is 12.1 Å². The summed E-state index contributed by atoms with van der Waals surface area (Å²) in [7, 11) is 0. The number of amidine groups is 1. The lowest BCUT2D eigenvalue weighted by Gasteiger charge is -2.38. The molecule has 29 heavy (non-hydrogen) atoms. The molecule has 0 bridgehead atoms. The molecule has 2 aliphatic rings. The van der Waals surface area contributed by atoms with Gasteiger partial charge in [0.15, 0.2) is 27.9 Å². The van der Waals surface area contributed by atoms with Gasteiger partial charge in [-0.05, 0) is 18.2 Å². The van der Waals surface area contributed by atoms with Crippen molar-refractivity contribution < 1.29 is 27.1 Å². The maximum Gasteiger partial charge on any atom is 0.277 e. The summed E-state index contributed by atoms with van der Waals surface area (Å²) in [5.74, 6) is -3.90. The van der Waals surface area contributed by atoms with Crippen LogP contribution in [-0.4, -0.2) is 40.7 Å². The molecule has 1 saturated heterocycles. The fraction of sp³-hybridized carbons (Fsp3) is 0.278. The van der Waals surface area contributed by atoms with Gasteiger partial charge in [0.25, 0.3) is 5.91 Å². The monoisotopic (exact) mass is 426 g/mol. The number of nitrogens with two attached hydrogens (primary N) is 1. The zero-order chi connectivity index (χ0) is 20.8. The van der Waals surface area contributed by atoms with Crippen LogP contribution in [0.3, 0.4) is 0 Å². The standard InChI is InChI=1S/C18H14F4N4O2S/c19-9-3-13(21)14(24-5-9)15(27)25-10-1-2-12(20)11(4-10)18-7-28-6-17(18,22)8-29-16(23)26-18/h1-5H,6-8H2,(H2,23,26)(H,25,27). The number of rotatable bonds is 3. The van der Waals surface area contributed by atoms with Crippen molar-refractivity contribution in [3.8, 4) is 0 Å². The smallest absolute Gasteiger partial charge is 0.277 e. The zero-order valence-electron chi connectivity index (χ0n) is 14.7. The Balaban J connectivity index is 1.72. The first-order chi connectivity index (χ1) is 13.7. The van der Waals surface area contributed by atoms with Gasteiger partial charge in [0.1, 0.15) is 11.6 Å². The van der Waals surface area contributed by atoms with E-state index in [1.54, 1.807) is 0 Å². The van der Waals surface area contributed by atoms with Crippen LogP contribution in [0.15, 0.2) is 35.5 Å². The van der Waals surface area contributed by atoms with E-state index >= 15 is 4.39 Å². The van der Waals surface area contributed by atoms with E-state index in [0.29, 0.717) is 12.3 Å². The van der Waals surface area contributed by atoms with Crippen LogP contribution in [0.1, 0.15) is 16.1 Å². The molecule has 2 aromatic rings. The van der Waals surface area contributed by atoms with Gasteiger partial charge >= 0.3 is 0 Å². The van der Waals surface area contributed by atoms with Crippen molar-refractivity contribution in [2.24, 2.45) is 10.7 Å². The molecule has 0 saturated carbocycles. The molecule has 0 aliphatic carbocycles. The number of carbonyl (C=O) groups excluding carboxylic acids is 1. The highest BCUT2D eigenvalue weighted by Gasteiger charge is 2.61. The Hall–Kier alpha value is -2.66. The van der Waals surface area contributed by atoms with Gasteiger partial charge in [-0.2, -0.15) is 0 Å². The van der Waals surface area contributed by atoms with Gasteiger partial charge in [-0.15, -0.1) is 0 Å². The van der Waals surface area contributed by atoms with Crippen LogP contribution in [0.4, 0.5) is 23.2 Å². The molecule has 2 unspecified atom stereocenters. The number of aromatic nitrogens is 1. The third kappa shape index (κ3) is 3.23. The van der Waals surface area contributed by atoms with Gasteiger partial charge in [0.2, 0.25) is 0 Å². The molecule has 2 aliphatic heterocycles. The SMILES string of the molecule is NC1=NC2(c3cc(NC(=O)c4ncc(F)cc4F)ccc3F)COCC2(F)CS1. The average Bonchev–Trinajstić information content (AvgIpc) is 3.00. The molecule has 4 rings (SSSR count). The Morgan fingerprint density at radius 2 is 2.00 bits per heavy atom. The number of hydrogen-bond donors (Lipinski definition) is 2. The van der Waals surface area contributed by atoms with Crippen LogP contribution in [0.5, 0.6) is 0 Å².